The normalized spacial score (nSPS) is 60.3. The zero-order valence-electron chi connectivity index (χ0n) is 14.1. The summed E-state index contributed by atoms with van der Waals surface area (Å²) < 4.78 is 0. The number of rotatable bonds is 0. The van der Waals surface area contributed by atoms with E-state index in [1.165, 1.54) is 77.0 Å². The molecule has 8 bridgehead atoms. The topological polar surface area (TPSA) is 52.0 Å². The van der Waals surface area contributed by atoms with Gasteiger partial charge in [0.15, 0.2) is 0 Å². The largest absolute Gasteiger partial charge is 0.325 e. The van der Waals surface area contributed by atoms with Gasteiger partial charge in [-0.05, 0) is 113 Å². The zero-order valence-corrected chi connectivity index (χ0v) is 14.1. The summed E-state index contributed by atoms with van der Waals surface area (Å²) in [5, 5.41) is 0. The van der Waals surface area contributed by atoms with Gasteiger partial charge in [0.05, 0.1) is 0 Å². The van der Waals surface area contributed by atoms with E-state index in [9.17, 15) is 0 Å². The molecule has 8 rings (SSSR count). The molecule has 2 nitrogen and oxygen atoms in total. The van der Waals surface area contributed by atoms with Crippen molar-refractivity contribution in [3.63, 3.8) is 0 Å². The Kier molecular flexibility index (Phi) is 3.07. The molecule has 0 aromatic carbocycles. The molecule has 22 heavy (non-hydrogen) atoms. The Labute approximate surface area is 135 Å². The molecule has 0 aromatic rings. The van der Waals surface area contributed by atoms with Crippen LogP contribution < -0.4 is 11.5 Å². The first-order chi connectivity index (χ1) is 10.5. The molecule has 0 aliphatic heterocycles. The van der Waals surface area contributed by atoms with Crippen LogP contribution in [0.2, 0.25) is 0 Å². The Morgan fingerprint density at radius 2 is 0.591 bits per heavy atom. The molecule has 124 valence electrons. The van der Waals surface area contributed by atoms with Crippen molar-refractivity contribution in [1.82, 2.24) is 0 Å². The summed E-state index contributed by atoms with van der Waals surface area (Å²) in [6, 6.07) is 0. The van der Waals surface area contributed by atoms with Gasteiger partial charge in [0.25, 0.3) is 0 Å². The van der Waals surface area contributed by atoms with Crippen molar-refractivity contribution in [3.8, 4) is 0 Å². The molecule has 8 fully saturated rings. The maximum absolute atomic E-state index is 6.32. The van der Waals surface area contributed by atoms with Crippen molar-refractivity contribution in [2.45, 2.75) is 88.1 Å². The monoisotopic (exact) mass is 302 g/mol. The third-order valence-corrected chi connectivity index (χ3v) is 8.17. The van der Waals surface area contributed by atoms with E-state index in [4.69, 9.17) is 11.5 Å². The van der Waals surface area contributed by atoms with E-state index in [0.717, 1.165) is 35.5 Å². The van der Waals surface area contributed by atoms with E-state index < -0.39 is 0 Å². The fraction of sp³-hybridized carbons (Fsp3) is 1.00. The first-order valence-corrected chi connectivity index (χ1v) is 10.0. The Balaban J connectivity index is 0.000000102. The summed E-state index contributed by atoms with van der Waals surface area (Å²) in [7, 11) is 0. The molecule has 4 N–H and O–H groups in total. The molecule has 0 aromatic heterocycles. The maximum atomic E-state index is 6.32. The SMILES string of the molecule is NC12CC3CC(CC(C3)C1)C2.NC12CC3CC(CC(C3)C1)C2. The number of nitrogens with two attached hydrogens (primary N) is 2. The summed E-state index contributed by atoms with van der Waals surface area (Å²) in [6.07, 6.45) is 17.1. The van der Waals surface area contributed by atoms with Crippen molar-refractivity contribution < 1.29 is 0 Å². The van der Waals surface area contributed by atoms with Crippen LogP contribution in [0.25, 0.3) is 0 Å². The predicted octanol–water partition coefficient (Wildman–Crippen LogP) is 3.83. The average Bonchev–Trinajstić information content (AvgIpc) is 2.32. The van der Waals surface area contributed by atoms with E-state index in [1.54, 1.807) is 0 Å². The van der Waals surface area contributed by atoms with E-state index in [2.05, 4.69) is 0 Å². The minimum Gasteiger partial charge on any atom is -0.325 e. The van der Waals surface area contributed by atoms with Gasteiger partial charge in [-0.25, -0.2) is 0 Å². The minimum atomic E-state index is 0.300. The third-order valence-electron chi connectivity index (χ3n) is 8.17. The first kappa shape index (κ1) is 14.3. The summed E-state index contributed by atoms with van der Waals surface area (Å²) in [5.74, 6) is 6.12. The van der Waals surface area contributed by atoms with Crippen LogP contribution in [0.3, 0.4) is 0 Å². The Morgan fingerprint density at radius 1 is 0.409 bits per heavy atom. The van der Waals surface area contributed by atoms with Crippen molar-refractivity contribution in [2.24, 2.45) is 47.0 Å². The van der Waals surface area contributed by atoms with Gasteiger partial charge in [0.2, 0.25) is 0 Å². The van der Waals surface area contributed by atoms with E-state index >= 15 is 0 Å². The van der Waals surface area contributed by atoms with Crippen LogP contribution in [0.5, 0.6) is 0 Å². The maximum Gasteiger partial charge on any atom is 0.0162 e. The fourth-order valence-electron chi connectivity index (χ4n) is 8.36. The molecule has 0 amide bonds. The van der Waals surface area contributed by atoms with Crippen molar-refractivity contribution in [2.75, 3.05) is 0 Å². The highest BCUT2D eigenvalue weighted by Gasteiger charge is 2.49. The van der Waals surface area contributed by atoms with Crippen LogP contribution in [0, 0.1) is 35.5 Å². The van der Waals surface area contributed by atoms with Gasteiger partial charge < -0.3 is 11.5 Å². The summed E-state index contributed by atoms with van der Waals surface area (Å²) in [6.45, 7) is 0. The molecule has 0 heterocycles. The number of hydrogen-bond donors (Lipinski definition) is 2. The number of hydrogen-bond acceptors (Lipinski definition) is 2. The lowest BCUT2D eigenvalue weighted by atomic mass is 9.53. The highest BCUT2D eigenvalue weighted by atomic mass is 14.8. The summed E-state index contributed by atoms with van der Waals surface area (Å²) >= 11 is 0. The second-order valence-electron chi connectivity index (χ2n) is 10.6. The van der Waals surface area contributed by atoms with Gasteiger partial charge in [-0.15, -0.1) is 0 Å². The van der Waals surface area contributed by atoms with Gasteiger partial charge in [-0.1, -0.05) is 0 Å². The molecule has 8 aliphatic carbocycles. The Hall–Kier alpha value is -0.0800. The van der Waals surface area contributed by atoms with Gasteiger partial charge >= 0.3 is 0 Å². The highest BCUT2D eigenvalue weighted by molar-refractivity contribution is 5.05. The molecule has 8 aliphatic rings. The fourth-order valence-corrected chi connectivity index (χ4v) is 8.36. The van der Waals surface area contributed by atoms with E-state index in [0.29, 0.717) is 11.1 Å². The lowest BCUT2D eigenvalue weighted by Gasteiger charge is -2.55. The third kappa shape index (κ3) is 2.45. The second kappa shape index (κ2) is 4.72. The van der Waals surface area contributed by atoms with Gasteiger partial charge in [0, 0.05) is 11.1 Å². The summed E-state index contributed by atoms with van der Waals surface area (Å²) in [5.41, 5.74) is 13.2. The average molecular weight is 303 g/mol. The van der Waals surface area contributed by atoms with Crippen LogP contribution in [0.4, 0.5) is 0 Å². The van der Waals surface area contributed by atoms with Crippen LogP contribution in [-0.4, -0.2) is 11.1 Å². The van der Waals surface area contributed by atoms with Crippen LogP contribution in [0.15, 0.2) is 0 Å². The molecule has 0 saturated heterocycles. The molecule has 0 atom stereocenters. The summed E-state index contributed by atoms with van der Waals surface area (Å²) in [4.78, 5) is 0. The standard InChI is InChI=1S/2C10H17N/c2*11-10-4-7-1-8(5-10)3-9(2-7)6-10/h2*7-9H,1-6,11H2. The lowest BCUT2D eigenvalue weighted by Crippen LogP contribution is -2.55. The Morgan fingerprint density at radius 3 is 0.727 bits per heavy atom. The van der Waals surface area contributed by atoms with E-state index in [-0.39, 0.29) is 0 Å². The van der Waals surface area contributed by atoms with E-state index in [1.807, 2.05) is 0 Å². The van der Waals surface area contributed by atoms with Gasteiger partial charge in [-0.2, -0.15) is 0 Å². The van der Waals surface area contributed by atoms with Crippen molar-refractivity contribution in [1.29, 1.82) is 0 Å². The van der Waals surface area contributed by atoms with Crippen molar-refractivity contribution >= 4 is 0 Å². The minimum absolute atomic E-state index is 0.300. The van der Waals surface area contributed by atoms with Crippen molar-refractivity contribution in [3.05, 3.63) is 0 Å². The molecule has 8 saturated carbocycles. The smallest absolute Gasteiger partial charge is 0.0162 e. The predicted molar refractivity (Wildman–Crippen MR) is 90.2 cm³/mol. The zero-order chi connectivity index (χ0) is 14.9. The quantitative estimate of drug-likeness (QED) is 0.714. The molecule has 2 heteroatoms. The first-order valence-electron chi connectivity index (χ1n) is 10.0. The molecule has 0 spiro atoms. The van der Waals surface area contributed by atoms with Gasteiger partial charge in [-0.3, -0.25) is 0 Å². The van der Waals surface area contributed by atoms with Gasteiger partial charge in [0.1, 0.15) is 0 Å². The van der Waals surface area contributed by atoms with Crippen LogP contribution in [-0.2, 0) is 0 Å². The molecule has 0 unspecified atom stereocenters. The van der Waals surface area contributed by atoms with Crippen LogP contribution in [0.1, 0.15) is 77.0 Å². The lowest BCUT2D eigenvalue weighted by molar-refractivity contribution is 0.000167. The molecular formula is C20H34N2. The Bertz CT molecular complexity index is 342. The second-order valence-corrected chi connectivity index (χ2v) is 10.6. The molecule has 0 radical (unpaired) electrons. The molecular weight excluding hydrogens is 268 g/mol. The highest BCUT2D eigenvalue weighted by Crippen LogP contribution is 2.55. The van der Waals surface area contributed by atoms with Crippen LogP contribution >= 0.6 is 0 Å².